The Hall–Kier alpha value is -2.51. The van der Waals surface area contributed by atoms with E-state index in [0.717, 1.165) is 16.7 Å². The molecule has 1 aliphatic rings. The summed E-state index contributed by atoms with van der Waals surface area (Å²) in [4.78, 5) is 24.3. The Bertz CT molecular complexity index is 825. The van der Waals surface area contributed by atoms with E-state index >= 15 is 0 Å². The molecule has 1 aromatic heterocycles. The first-order valence-corrected chi connectivity index (χ1v) is 8.31. The molecule has 1 aliphatic heterocycles. The van der Waals surface area contributed by atoms with Crippen molar-refractivity contribution < 1.29 is 9.53 Å². The molecular weight excluding hydrogens is 320 g/mol. The lowest BCUT2D eigenvalue weighted by Crippen LogP contribution is -2.49. The highest BCUT2D eigenvalue weighted by Crippen LogP contribution is 2.21. The second kappa shape index (κ2) is 7.58. The molecule has 1 amide bonds. The molecule has 1 fully saturated rings. The maximum Gasteiger partial charge on any atom is 0.267 e. The van der Waals surface area contributed by atoms with Crippen LogP contribution in [0, 0.1) is 13.8 Å². The van der Waals surface area contributed by atoms with Crippen molar-refractivity contribution in [3.05, 3.63) is 51.8 Å². The van der Waals surface area contributed by atoms with Crippen LogP contribution in [-0.2, 0) is 16.1 Å². The molecule has 7 nitrogen and oxygen atoms in total. The van der Waals surface area contributed by atoms with Crippen LogP contribution >= 0.6 is 0 Å². The van der Waals surface area contributed by atoms with Crippen molar-refractivity contribution in [3.63, 3.8) is 0 Å². The number of hydrogen-bond acceptors (Lipinski definition) is 5. The van der Waals surface area contributed by atoms with Gasteiger partial charge in [-0.15, -0.1) is 0 Å². The third-order valence-electron chi connectivity index (χ3n) is 4.12. The fourth-order valence-corrected chi connectivity index (χ4v) is 2.74. The SMILES string of the molecule is Cc1ccc(C)c(-c2ccc(=O)n(CC(=O)NN3CCOCC3)n2)c1. The topological polar surface area (TPSA) is 76.5 Å². The minimum Gasteiger partial charge on any atom is -0.379 e. The van der Waals surface area contributed by atoms with E-state index in [2.05, 4.69) is 10.5 Å². The molecular formula is C18H22N4O3. The quantitative estimate of drug-likeness (QED) is 0.893. The normalized spacial score (nSPS) is 15.1. The van der Waals surface area contributed by atoms with E-state index in [1.165, 1.54) is 10.7 Å². The van der Waals surface area contributed by atoms with Gasteiger partial charge in [-0.1, -0.05) is 17.7 Å². The van der Waals surface area contributed by atoms with E-state index in [1.807, 2.05) is 32.0 Å². The van der Waals surface area contributed by atoms with Crippen molar-refractivity contribution in [2.75, 3.05) is 26.3 Å². The fraction of sp³-hybridized carbons (Fsp3) is 0.389. The van der Waals surface area contributed by atoms with Crippen LogP contribution in [0.2, 0.25) is 0 Å². The molecule has 1 saturated heterocycles. The van der Waals surface area contributed by atoms with E-state index in [-0.39, 0.29) is 18.0 Å². The highest BCUT2D eigenvalue weighted by Gasteiger charge is 2.14. The van der Waals surface area contributed by atoms with Gasteiger partial charge in [-0.25, -0.2) is 9.69 Å². The van der Waals surface area contributed by atoms with Crippen molar-refractivity contribution in [1.29, 1.82) is 0 Å². The zero-order chi connectivity index (χ0) is 17.8. The van der Waals surface area contributed by atoms with Crippen LogP contribution in [0.1, 0.15) is 11.1 Å². The second-order valence-corrected chi connectivity index (χ2v) is 6.17. The van der Waals surface area contributed by atoms with Crippen molar-refractivity contribution >= 4 is 5.91 Å². The van der Waals surface area contributed by atoms with E-state index in [4.69, 9.17) is 4.74 Å². The number of aryl methyl sites for hydroxylation is 2. The molecule has 132 valence electrons. The van der Waals surface area contributed by atoms with Crippen molar-refractivity contribution in [2.45, 2.75) is 20.4 Å². The van der Waals surface area contributed by atoms with Crippen LogP contribution in [0.15, 0.2) is 35.1 Å². The van der Waals surface area contributed by atoms with Gasteiger partial charge in [-0.05, 0) is 31.5 Å². The van der Waals surface area contributed by atoms with Gasteiger partial charge >= 0.3 is 0 Å². The molecule has 1 N–H and O–H groups in total. The fourth-order valence-electron chi connectivity index (χ4n) is 2.74. The number of amides is 1. The number of hydrazine groups is 1. The first-order chi connectivity index (χ1) is 12.0. The van der Waals surface area contributed by atoms with Gasteiger partial charge in [0.1, 0.15) is 6.54 Å². The number of morpholine rings is 1. The zero-order valence-electron chi connectivity index (χ0n) is 14.5. The summed E-state index contributed by atoms with van der Waals surface area (Å²) in [6.07, 6.45) is 0. The Morgan fingerprint density at radius 2 is 1.96 bits per heavy atom. The van der Waals surface area contributed by atoms with E-state index in [9.17, 15) is 9.59 Å². The summed E-state index contributed by atoms with van der Waals surface area (Å²) in [6, 6.07) is 9.23. The van der Waals surface area contributed by atoms with E-state index in [1.54, 1.807) is 11.1 Å². The number of carbonyl (C=O) groups is 1. The van der Waals surface area contributed by atoms with Gasteiger partial charge in [0.15, 0.2) is 0 Å². The Morgan fingerprint density at radius 3 is 2.72 bits per heavy atom. The Labute approximate surface area is 146 Å². The van der Waals surface area contributed by atoms with Crippen LogP contribution in [0.25, 0.3) is 11.3 Å². The molecule has 0 unspecified atom stereocenters. The van der Waals surface area contributed by atoms with Crippen LogP contribution in [0.3, 0.4) is 0 Å². The molecule has 25 heavy (non-hydrogen) atoms. The number of rotatable bonds is 4. The predicted molar refractivity (Wildman–Crippen MR) is 93.9 cm³/mol. The highest BCUT2D eigenvalue weighted by atomic mass is 16.5. The van der Waals surface area contributed by atoms with Crippen molar-refractivity contribution in [2.24, 2.45) is 0 Å². The van der Waals surface area contributed by atoms with Crippen LogP contribution in [0.4, 0.5) is 0 Å². The third-order valence-corrected chi connectivity index (χ3v) is 4.12. The Balaban J connectivity index is 1.78. The summed E-state index contributed by atoms with van der Waals surface area (Å²) in [5, 5.41) is 6.17. The number of nitrogens with zero attached hydrogens (tertiary/aromatic N) is 3. The smallest absolute Gasteiger partial charge is 0.267 e. The summed E-state index contributed by atoms with van der Waals surface area (Å²) in [5.74, 6) is -0.269. The van der Waals surface area contributed by atoms with Crippen LogP contribution < -0.4 is 11.0 Å². The number of hydrogen-bond donors (Lipinski definition) is 1. The number of carbonyl (C=O) groups excluding carboxylic acids is 1. The lowest BCUT2D eigenvalue weighted by atomic mass is 10.0. The molecule has 0 radical (unpaired) electrons. The maximum absolute atomic E-state index is 12.2. The first-order valence-electron chi connectivity index (χ1n) is 8.31. The molecule has 2 aromatic rings. The Kier molecular flexibility index (Phi) is 5.25. The van der Waals surface area contributed by atoms with Gasteiger partial charge in [0.2, 0.25) is 0 Å². The van der Waals surface area contributed by atoms with E-state index in [0.29, 0.717) is 32.0 Å². The van der Waals surface area contributed by atoms with Gasteiger partial charge in [-0.3, -0.25) is 15.0 Å². The van der Waals surface area contributed by atoms with E-state index < -0.39 is 0 Å². The number of nitrogens with one attached hydrogen (secondary N) is 1. The minimum atomic E-state index is -0.300. The number of aromatic nitrogens is 2. The molecule has 3 rings (SSSR count). The molecule has 0 bridgehead atoms. The average Bonchev–Trinajstić information content (AvgIpc) is 2.60. The van der Waals surface area contributed by atoms with Crippen LogP contribution in [0.5, 0.6) is 0 Å². The molecule has 0 saturated carbocycles. The monoisotopic (exact) mass is 342 g/mol. The highest BCUT2D eigenvalue weighted by molar-refractivity contribution is 5.75. The third kappa shape index (κ3) is 4.32. The predicted octanol–water partition coefficient (Wildman–Crippen LogP) is 0.891. The molecule has 2 heterocycles. The first kappa shape index (κ1) is 17.3. The van der Waals surface area contributed by atoms with Gasteiger partial charge in [0, 0.05) is 24.7 Å². The molecule has 0 atom stereocenters. The van der Waals surface area contributed by atoms with Gasteiger partial charge in [0.25, 0.3) is 11.5 Å². The zero-order valence-corrected chi connectivity index (χ0v) is 14.5. The lowest BCUT2D eigenvalue weighted by molar-refractivity contribution is -0.128. The summed E-state index contributed by atoms with van der Waals surface area (Å²) >= 11 is 0. The summed E-state index contributed by atoms with van der Waals surface area (Å²) in [6.45, 7) is 6.33. The molecule has 0 spiro atoms. The summed E-state index contributed by atoms with van der Waals surface area (Å²) in [7, 11) is 0. The van der Waals surface area contributed by atoms with Gasteiger partial charge < -0.3 is 4.74 Å². The number of ether oxygens (including phenoxy) is 1. The summed E-state index contributed by atoms with van der Waals surface area (Å²) < 4.78 is 6.44. The number of benzene rings is 1. The minimum absolute atomic E-state index is 0.116. The standard InChI is InChI=1S/C18H22N4O3/c1-13-3-4-14(2)15(11-13)16-5-6-18(24)22(19-16)12-17(23)20-21-7-9-25-10-8-21/h3-6,11H,7-10,12H2,1-2H3,(H,20,23). The summed E-state index contributed by atoms with van der Waals surface area (Å²) in [5.41, 5.74) is 6.32. The molecule has 7 heteroatoms. The molecule has 1 aromatic carbocycles. The van der Waals surface area contributed by atoms with Crippen LogP contribution in [-0.4, -0.2) is 47.0 Å². The van der Waals surface area contributed by atoms with Gasteiger partial charge in [0.05, 0.1) is 18.9 Å². The second-order valence-electron chi connectivity index (χ2n) is 6.17. The van der Waals surface area contributed by atoms with Gasteiger partial charge in [-0.2, -0.15) is 5.10 Å². The lowest BCUT2D eigenvalue weighted by Gasteiger charge is -2.26. The average molecular weight is 342 g/mol. The molecule has 0 aliphatic carbocycles. The largest absolute Gasteiger partial charge is 0.379 e. The maximum atomic E-state index is 12.2. The Morgan fingerprint density at radius 1 is 1.20 bits per heavy atom. The van der Waals surface area contributed by atoms with Crippen molar-refractivity contribution in [3.8, 4) is 11.3 Å². The van der Waals surface area contributed by atoms with Crippen molar-refractivity contribution in [1.82, 2.24) is 20.2 Å².